The summed E-state index contributed by atoms with van der Waals surface area (Å²) in [5.41, 5.74) is 6.21. The summed E-state index contributed by atoms with van der Waals surface area (Å²) in [4.78, 5) is 0.932. The third-order valence-corrected chi connectivity index (χ3v) is 3.47. The van der Waals surface area contributed by atoms with Gasteiger partial charge in [-0.05, 0) is 38.7 Å². The van der Waals surface area contributed by atoms with E-state index in [0.717, 1.165) is 10.6 Å². The monoisotopic (exact) mass is 312 g/mol. The number of nitrogens with two attached hydrogens (primary N) is 1. The van der Waals surface area contributed by atoms with Crippen LogP contribution in [-0.2, 0) is 4.74 Å². The highest BCUT2D eigenvalue weighted by Crippen LogP contribution is 2.30. The molecule has 0 aliphatic carbocycles. The van der Waals surface area contributed by atoms with E-state index >= 15 is 0 Å². The summed E-state index contributed by atoms with van der Waals surface area (Å²) < 4.78 is 11.3. The zero-order valence-electron chi connectivity index (χ0n) is 13.0. The first kappa shape index (κ1) is 17.7. The number of nitrogens with zero attached hydrogens (tertiary/aromatic N) is 1. The second-order valence-corrected chi connectivity index (χ2v) is 6.66. The van der Waals surface area contributed by atoms with Crippen molar-refractivity contribution >= 4 is 17.6 Å². The lowest BCUT2D eigenvalue weighted by molar-refractivity contribution is -0.0163. The van der Waals surface area contributed by atoms with Crippen LogP contribution in [0.1, 0.15) is 33.3 Å². The SMILES string of the molecule is CCSc1cccc(OCCOC(C)(C)C)c1/C(N)=N/O. The summed E-state index contributed by atoms with van der Waals surface area (Å²) in [6.45, 7) is 8.91. The summed E-state index contributed by atoms with van der Waals surface area (Å²) in [6.07, 6.45) is 0. The zero-order valence-corrected chi connectivity index (χ0v) is 13.9. The van der Waals surface area contributed by atoms with Crippen LogP contribution in [0.5, 0.6) is 5.75 Å². The van der Waals surface area contributed by atoms with E-state index < -0.39 is 0 Å². The lowest BCUT2D eigenvalue weighted by Gasteiger charge is -2.20. The van der Waals surface area contributed by atoms with Crippen molar-refractivity contribution in [3.05, 3.63) is 23.8 Å². The van der Waals surface area contributed by atoms with Gasteiger partial charge in [-0.25, -0.2) is 0 Å². The molecule has 118 valence electrons. The highest BCUT2D eigenvalue weighted by molar-refractivity contribution is 7.99. The maximum atomic E-state index is 8.96. The number of oxime groups is 1. The molecule has 0 saturated heterocycles. The molecule has 6 heteroatoms. The summed E-state index contributed by atoms with van der Waals surface area (Å²) in [5, 5.41) is 12.1. The highest BCUT2D eigenvalue weighted by Gasteiger charge is 2.15. The fourth-order valence-corrected chi connectivity index (χ4v) is 2.54. The zero-order chi connectivity index (χ0) is 15.9. The van der Waals surface area contributed by atoms with Gasteiger partial charge in [0.05, 0.1) is 17.8 Å². The van der Waals surface area contributed by atoms with Gasteiger partial charge in [0.25, 0.3) is 0 Å². The smallest absolute Gasteiger partial charge is 0.174 e. The molecule has 0 aliphatic heterocycles. The Balaban J connectivity index is 2.83. The van der Waals surface area contributed by atoms with Crippen molar-refractivity contribution in [3.63, 3.8) is 0 Å². The number of thioether (sulfide) groups is 1. The molecule has 0 heterocycles. The van der Waals surface area contributed by atoms with E-state index in [9.17, 15) is 0 Å². The average molecular weight is 312 g/mol. The summed E-state index contributed by atoms with van der Waals surface area (Å²) >= 11 is 1.62. The van der Waals surface area contributed by atoms with Crippen LogP contribution >= 0.6 is 11.8 Å². The van der Waals surface area contributed by atoms with Crippen LogP contribution in [0.25, 0.3) is 0 Å². The summed E-state index contributed by atoms with van der Waals surface area (Å²) in [6, 6.07) is 5.64. The maximum Gasteiger partial charge on any atom is 0.174 e. The summed E-state index contributed by atoms with van der Waals surface area (Å²) in [7, 11) is 0. The Kier molecular flexibility index (Phi) is 6.84. The molecule has 0 bridgehead atoms. The van der Waals surface area contributed by atoms with Crippen molar-refractivity contribution in [2.75, 3.05) is 19.0 Å². The molecule has 0 unspecified atom stereocenters. The number of rotatable bonds is 7. The second kappa shape index (κ2) is 8.14. The van der Waals surface area contributed by atoms with Crippen molar-refractivity contribution in [3.8, 4) is 5.75 Å². The van der Waals surface area contributed by atoms with Crippen LogP contribution in [0.4, 0.5) is 0 Å². The van der Waals surface area contributed by atoms with Gasteiger partial charge in [0.15, 0.2) is 5.84 Å². The third kappa shape index (κ3) is 5.85. The molecule has 0 radical (unpaired) electrons. The predicted molar refractivity (Wildman–Crippen MR) is 86.6 cm³/mol. The molecule has 0 atom stereocenters. The molecule has 0 fully saturated rings. The van der Waals surface area contributed by atoms with Crippen molar-refractivity contribution in [1.82, 2.24) is 0 Å². The van der Waals surface area contributed by atoms with Crippen molar-refractivity contribution in [2.24, 2.45) is 10.9 Å². The first-order valence-corrected chi connectivity index (χ1v) is 7.88. The topological polar surface area (TPSA) is 77.1 Å². The molecule has 0 spiro atoms. The van der Waals surface area contributed by atoms with Crippen LogP contribution in [0, 0.1) is 0 Å². The van der Waals surface area contributed by atoms with Gasteiger partial charge in [0.1, 0.15) is 12.4 Å². The molecular weight excluding hydrogens is 288 g/mol. The molecule has 5 nitrogen and oxygen atoms in total. The van der Waals surface area contributed by atoms with Gasteiger partial charge in [-0.1, -0.05) is 18.1 Å². The number of ether oxygens (including phenoxy) is 2. The van der Waals surface area contributed by atoms with Gasteiger partial charge >= 0.3 is 0 Å². The number of hydrogen-bond donors (Lipinski definition) is 2. The standard InChI is InChI=1S/C15H24N2O3S/c1-5-21-12-8-6-7-11(13(12)14(16)17-18)19-9-10-20-15(2,3)4/h6-8,18H,5,9-10H2,1-4H3,(H2,16,17). The Bertz CT molecular complexity index is 484. The van der Waals surface area contributed by atoms with E-state index in [2.05, 4.69) is 5.16 Å². The number of amidine groups is 1. The minimum absolute atomic E-state index is 0.0540. The lowest BCUT2D eigenvalue weighted by atomic mass is 10.2. The van der Waals surface area contributed by atoms with Crippen molar-refractivity contribution in [2.45, 2.75) is 38.2 Å². The summed E-state index contributed by atoms with van der Waals surface area (Å²) in [5.74, 6) is 1.54. The Morgan fingerprint density at radius 3 is 2.62 bits per heavy atom. The van der Waals surface area contributed by atoms with E-state index in [1.54, 1.807) is 11.8 Å². The van der Waals surface area contributed by atoms with Crippen LogP contribution in [0.3, 0.4) is 0 Å². The van der Waals surface area contributed by atoms with E-state index in [0.29, 0.717) is 24.5 Å². The van der Waals surface area contributed by atoms with Crippen molar-refractivity contribution < 1.29 is 14.7 Å². The molecule has 0 aromatic heterocycles. The number of benzene rings is 1. The Morgan fingerprint density at radius 1 is 1.33 bits per heavy atom. The van der Waals surface area contributed by atoms with Gasteiger partial charge in [-0.15, -0.1) is 11.8 Å². The maximum absolute atomic E-state index is 8.96. The molecule has 3 N–H and O–H groups in total. The van der Waals surface area contributed by atoms with Crippen LogP contribution in [-0.4, -0.2) is 35.6 Å². The first-order valence-electron chi connectivity index (χ1n) is 6.89. The van der Waals surface area contributed by atoms with Crippen LogP contribution in [0.15, 0.2) is 28.3 Å². The van der Waals surface area contributed by atoms with Gasteiger partial charge in [0.2, 0.25) is 0 Å². The van der Waals surface area contributed by atoms with Gasteiger partial charge < -0.3 is 20.4 Å². The highest BCUT2D eigenvalue weighted by atomic mass is 32.2. The quantitative estimate of drug-likeness (QED) is 0.202. The third-order valence-electron chi connectivity index (χ3n) is 2.53. The first-order chi connectivity index (χ1) is 9.89. The average Bonchev–Trinajstić information content (AvgIpc) is 2.42. The molecular formula is C15H24N2O3S. The largest absolute Gasteiger partial charge is 0.490 e. The van der Waals surface area contributed by atoms with E-state index in [-0.39, 0.29) is 11.4 Å². The Labute approximate surface area is 130 Å². The van der Waals surface area contributed by atoms with Crippen LogP contribution < -0.4 is 10.5 Å². The van der Waals surface area contributed by atoms with E-state index in [1.807, 2.05) is 45.9 Å². The minimum atomic E-state index is -0.197. The predicted octanol–water partition coefficient (Wildman–Crippen LogP) is 3.09. The Hall–Kier alpha value is -1.40. The Morgan fingerprint density at radius 2 is 2.05 bits per heavy atom. The molecule has 1 aromatic rings. The fourth-order valence-electron chi connectivity index (χ4n) is 1.71. The minimum Gasteiger partial charge on any atom is -0.490 e. The van der Waals surface area contributed by atoms with Gasteiger partial charge in [-0.2, -0.15) is 0 Å². The van der Waals surface area contributed by atoms with Gasteiger partial charge in [-0.3, -0.25) is 0 Å². The lowest BCUT2D eigenvalue weighted by Crippen LogP contribution is -2.23. The fraction of sp³-hybridized carbons (Fsp3) is 0.533. The number of hydrogen-bond acceptors (Lipinski definition) is 5. The van der Waals surface area contributed by atoms with E-state index in [1.165, 1.54) is 0 Å². The molecule has 0 amide bonds. The van der Waals surface area contributed by atoms with Gasteiger partial charge in [0, 0.05) is 4.90 Å². The molecule has 0 aliphatic rings. The molecule has 21 heavy (non-hydrogen) atoms. The van der Waals surface area contributed by atoms with Crippen molar-refractivity contribution in [1.29, 1.82) is 0 Å². The molecule has 0 saturated carbocycles. The normalized spacial score (nSPS) is 12.5. The molecule has 1 aromatic carbocycles. The van der Waals surface area contributed by atoms with E-state index in [4.69, 9.17) is 20.4 Å². The van der Waals surface area contributed by atoms with Crippen LogP contribution in [0.2, 0.25) is 0 Å². The second-order valence-electron chi connectivity index (χ2n) is 5.36. The molecule has 1 rings (SSSR count).